The van der Waals surface area contributed by atoms with Gasteiger partial charge in [0.25, 0.3) is 5.91 Å². The zero-order chi connectivity index (χ0) is 20.4. The highest BCUT2D eigenvalue weighted by Crippen LogP contribution is 2.38. The van der Waals surface area contributed by atoms with Crippen LogP contribution in [0.15, 0.2) is 40.2 Å². The molecule has 2 N–H and O–H groups in total. The number of nitro benzene ring substituents is 1. The Kier molecular flexibility index (Phi) is 5.57. The minimum Gasteiger partial charge on any atom is -0.500 e. The third kappa shape index (κ3) is 3.95. The number of nitrogens with zero attached hydrogens (tertiary/aromatic N) is 2. The van der Waals surface area contributed by atoms with E-state index in [0.29, 0.717) is 26.3 Å². The predicted molar refractivity (Wildman–Crippen MR) is 108 cm³/mol. The number of carbonyl (C=O) groups excluding carboxylic acids is 1. The molecule has 0 atom stereocenters. The van der Waals surface area contributed by atoms with E-state index in [1.807, 2.05) is 6.92 Å². The number of aromatic hydroxyl groups is 1. The van der Waals surface area contributed by atoms with Gasteiger partial charge in [-0.05, 0) is 54.1 Å². The Hall–Kier alpha value is -3.04. The predicted octanol–water partition coefficient (Wildman–Crippen LogP) is 4.16. The lowest BCUT2D eigenvalue weighted by molar-refractivity contribution is -0.386. The molecule has 1 fully saturated rings. The molecule has 3 rings (SSSR count). The number of methoxy groups -OCH3 is 1. The smallest absolute Gasteiger partial charge is 0.315 e. The first-order chi connectivity index (χ1) is 13.3. The topological polar surface area (TPSA) is 114 Å². The summed E-state index contributed by atoms with van der Waals surface area (Å²) in [6.45, 7) is 1.82. The summed E-state index contributed by atoms with van der Waals surface area (Å²) in [6, 6.07) is 7.84. The fraction of sp³-hybridized carbons (Fsp3) is 0.111. The Morgan fingerprint density at radius 3 is 2.82 bits per heavy atom. The van der Waals surface area contributed by atoms with Crippen LogP contribution in [0.4, 0.5) is 11.4 Å². The Balaban J connectivity index is 1.95. The molecule has 0 unspecified atom stereocenters. The molecule has 0 spiro atoms. The molecule has 1 amide bonds. The number of carbonyl (C=O) groups is 1. The van der Waals surface area contributed by atoms with Gasteiger partial charge in [0.1, 0.15) is 0 Å². The van der Waals surface area contributed by atoms with Crippen LogP contribution in [0.1, 0.15) is 11.1 Å². The lowest BCUT2D eigenvalue weighted by atomic mass is 10.1. The molecule has 28 heavy (non-hydrogen) atoms. The first-order valence-corrected chi connectivity index (χ1v) is 9.09. The first-order valence-electron chi connectivity index (χ1n) is 7.90. The van der Waals surface area contributed by atoms with Crippen molar-refractivity contribution in [3.05, 3.63) is 61.5 Å². The van der Waals surface area contributed by atoms with Crippen molar-refractivity contribution >= 4 is 51.9 Å². The number of ether oxygens (including phenoxy) is 1. The van der Waals surface area contributed by atoms with Crippen molar-refractivity contribution < 1.29 is 19.6 Å². The van der Waals surface area contributed by atoms with Crippen molar-refractivity contribution in [1.29, 1.82) is 0 Å². The number of amidine groups is 1. The molecule has 1 saturated heterocycles. The number of amides is 1. The molecule has 0 bridgehead atoms. The molecular weight excluding hydrogens is 406 g/mol. The van der Waals surface area contributed by atoms with Crippen LogP contribution in [0, 0.1) is 17.0 Å². The van der Waals surface area contributed by atoms with Gasteiger partial charge in [-0.3, -0.25) is 14.9 Å². The molecule has 10 heteroatoms. The van der Waals surface area contributed by atoms with E-state index in [0.717, 1.165) is 23.4 Å². The van der Waals surface area contributed by atoms with Crippen molar-refractivity contribution in [2.75, 3.05) is 7.11 Å². The Labute approximate surface area is 169 Å². The Morgan fingerprint density at radius 1 is 1.39 bits per heavy atom. The molecule has 1 heterocycles. The van der Waals surface area contributed by atoms with Gasteiger partial charge < -0.3 is 15.2 Å². The fourth-order valence-corrected chi connectivity index (χ4v) is 3.45. The van der Waals surface area contributed by atoms with Gasteiger partial charge in [-0.25, -0.2) is 4.99 Å². The summed E-state index contributed by atoms with van der Waals surface area (Å²) in [5.74, 6) is -1.03. The first kappa shape index (κ1) is 19.7. The Morgan fingerprint density at radius 2 is 2.14 bits per heavy atom. The van der Waals surface area contributed by atoms with Crippen LogP contribution in [0.3, 0.4) is 0 Å². The summed E-state index contributed by atoms with van der Waals surface area (Å²) >= 11 is 7.17. The number of nitrogens with one attached hydrogen (secondary N) is 1. The van der Waals surface area contributed by atoms with E-state index in [1.165, 1.54) is 19.3 Å². The number of phenolic OH excluding ortho intramolecular Hbond substituents is 1. The van der Waals surface area contributed by atoms with Crippen LogP contribution in [0.5, 0.6) is 11.5 Å². The zero-order valence-electron chi connectivity index (χ0n) is 14.7. The second-order valence-electron chi connectivity index (χ2n) is 5.71. The fourth-order valence-electron chi connectivity index (χ4n) is 2.45. The van der Waals surface area contributed by atoms with Crippen molar-refractivity contribution in [3.63, 3.8) is 0 Å². The second kappa shape index (κ2) is 7.91. The maximum atomic E-state index is 12.2. The average molecular weight is 420 g/mol. The SMILES string of the molecule is COc1cc(C=C2SC(=Nc3cccc(Cl)c3C)NC2=O)cc([N+](=O)[O-])c1O. The third-order valence-electron chi connectivity index (χ3n) is 3.90. The molecule has 0 aromatic heterocycles. The lowest BCUT2D eigenvalue weighted by Crippen LogP contribution is -2.19. The highest BCUT2D eigenvalue weighted by molar-refractivity contribution is 8.18. The van der Waals surface area contributed by atoms with E-state index in [-0.39, 0.29) is 5.75 Å². The maximum absolute atomic E-state index is 12.2. The van der Waals surface area contributed by atoms with E-state index in [2.05, 4.69) is 10.3 Å². The van der Waals surface area contributed by atoms with Crippen molar-refractivity contribution in [1.82, 2.24) is 5.32 Å². The molecule has 1 aliphatic heterocycles. The van der Waals surface area contributed by atoms with Gasteiger partial charge in [-0.15, -0.1) is 0 Å². The number of thioether (sulfide) groups is 1. The number of hydrogen-bond acceptors (Lipinski definition) is 7. The van der Waals surface area contributed by atoms with Crippen LogP contribution in [-0.2, 0) is 4.79 Å². The molecule has 0 saturated carbocycles. The van der Waals surface area contributed by atoms with Gasteiger partial charge in [0.05, 0.1) is 22.6 Å². The molecule has 8 nitrogen and oxygen atoms in total. The highest BCUT2D eigenvalue weighted by Gasteiger charge is 2.25. The monoisotopic (exact) mass is 419 g/mol. The van der Waals surface area contributed by atoms with Gasteiger partial charge in [-0.1, -0.05) is 17.7 Å². The maximum Gasteiger partial charge on any atom is 0.315 e. The minimum absolute atomic E-state index is 0.0621. The largest absolute Gasteiger partial charge is 0.500 e. The summed E-state index contributed by atoms with van der Waals surface area (Å²) in [7, 11) is 1.28. The molecule has 0 aliphatic carbocycles. The number of benzene rings is 2. The minimum atomic E-state index is -0.726. The second-order valence-corrected chi connectivity index (χ2v) is 7.15. The number of nitro groups is 1. The van der Waals surface area contributed by atoms with Crippen LogP contribution < -0.4 is 10.1 Å². The number of phenols is 1. The van der Waals surface area contributed by atoms with Gasteiger partial charge in [0.2, 0.25) is 5.75 Å². The summed E-state index contributed by atoms with van der Waals surface area (Å²) in [6.07, 6.45) is 1.46. The molecule has 0 radical (unpaired) electrons. The van der Waals surface area contributed by atoms with Crippen molar-refractivity contribution in [2.24, 2.45) is 4.99 Å². The summed E-state index contributed by atoms with van der Waals surface area (Å²) in [5.41, 5.74) is 1.22. The highest BCUT2D eigenvalue weighted by atomic mass is 35.5. The van der Waals surface area contributed by atoms with Gasteiger partial charge in [0, 0.05) is 11.1 Å². The summed E-state index contributed by atoms with van der Waals surface area (Å²) in [5, 5.41) is 24.5. The molecular formula is C18H14ClN3O5S. The summed E-state index contributed by atoms with van der Waals surface area (Å²) in [4.78, 5) is 27.3. The number of rotatable bonds is 4. The molecule has 144 valence electrons. The van der Waals surface area contributed by atoms with Crippen LogP contribution in [0.2, 0.25) is 5.02 Å². The number of halogens is 1. The van der Waals surface area contributed by atoms with Crippen LogP contribution in [0.25, 0.3) is 6.08 Å². The normalized spacial score (nSPS) is 16.5. The van der Waals surface area contributed by atoms with Crippen LogP contribution in [-0.4, -0.2) is 28.2 Å². The van der Waals surface area contributed by atoms with E-state index in [4.69, 9.17) is 16.3 Å². The van der Waals surface area contributed by atoms with Crippen molar-refractivity contribution in [2.45, 2.75) is 6.92 Å². The number of aliphatic imine (C=N–C) groups is 1. The zero-order valence-corrected chi connectivity index (χ0v) is 16.3. The third-order valence-corrected chi connectivity index (χ3v) is 5.22. The quantitative estimate of drug-likeness (QED) is 0.437. The lowest BCUT2D eigenvalue weighted by Gasteiger charge is -2.05. The molecule has 2 aromatic carbocycles. The molecule has 2 aromatic rings. The van der Waals surface area contributed by atoms with Crippen LogP contribution >= 0.6 is 23.4 Å². The van der Waals surface area contributed by atoms with Crippen molar-refractivity contribution in [3.8, 4) is 11.5 Å². The van der Waals surface area contributed by atoms with E-state index in [1.54, 1.807) is 18.2 Å². The Bertz CT molecular complexity index is 1050. The number of hydrogen-bond donors (Lipinski definition) is 2. The van der Waals surface area contributed by atoms with E-state index >= 15 is 0 Å². The summed E-state index contributed by atoms with van der Waals surface area (Å²) < 4.78 is 4.96. The van der Waals surface area contributed by atoms with E-state index < -0.39 is 22.3 Å². The standard InChI is InChI=1S/C18H14ClN3O5S/c1-9-11(19)4-3-5-12(9)20-18-21-17(24)15(28-18)8-10-6-13(22(25)26)16(23)14(7-10)27-2/h3-8,23H,1-2H3,(H,20,21,24). The van der Waals surface area contributed by atoms with E-state index in [9.17, 15) is 20.0 Å². The van der Waals surface area contributed by atoms with Gasteiger partial charge in [0.15, 0.2) is 10.9 Å². The van der Waals surface area contributed by atoms with Gasteiger partial charge in [-0.2, -0.15) is 0 Å². The van der Waals surface area contributed by atoms with Gasteiger partial charge >= 0.3 is 5.69 Å². The average Bonchev–Trinajstić information content (AvgIpc) is 2.99. The molecule has 1 aliphatic rings.